The summed E-state index contributed by atoms with van der Waals surface area (Å²) >= 11 is 0. The fourth-order valence-corrected chi connectivity index (χ4v) is 4.51. The molecule has 0 aromatic heterocycles. The second-order valence-electron chi connectivity index (χ2n) is 10.8. The zero-order valence-electron chi connectivity index (χ0n) is 24.4. The number of benzene rings is 2. The van der Waals surface area contributed by atoms with Gasteiger partial charge in [0.05, 0.1) is 20.6 Å². The Labute approximate surface area is 236 Å². The number of imide groups is 1. The first-order valence-electron chi connectivity index (χ1n) is 13.6. The highest BCUT2D eigenvalue weighted by atomic mass is 16.5. The van der Waals surface area contributed by atoms with E-state index in [4.69, 9.17) is 14.6 Å². The van der Waals surface area contributed by atoms with Gasteiger partial charge in [-0.05, 0) is 47.1 Å². The number of carbonyl (C=O) groups is 4. The van der Waals surface area contributed by atoms with E-state index in [1.54, 1.807) is 32.4 Å². The van der Waals surface area contributed by atoms with E-state index >= 15 is 0 Å². The highest BCUT2D eigenvalue weighted by molar-refractivity contribution is 6.06. The molecule has 1 unspecified atom stereocenters. The van der Waals surface area contributed by atoms with Gasteiger partial charge in [-0.25, -0.2) is 0 Å². The van der Waals surface area contributed by atoms with Gasteiger partial charge in [0, 0.05) is 30.2 Å². The van der Waals surface area contributed by atoms with Gasteiger partial charge in [-0.3, -0.25) is 24.5 Å². The minimum Gasteiger partial charge on any atom is -0.497 e. The van der Waals surface area contributed by atoms with E-state index in [1.807, 2.05) is 39.0 Å². The lowest BCUT2D eigenvalue weighted by atomic mass is 9.84. The van der Waals surface area contributed by atoms with E-state index in [-0.39, 0.29) is 42.1 Å². The van der Waals surface area contributed by atoms with Crippen LogP contribution < -0.4 is 20.1 Å². The topological polar surface area (TPSA) is 131 Å². The average Bonchev–Trinajstić information content (AvgIpc) is 2.90. The summed E-state index contributed by atoms with van der Waals surface area (Å²) < 4.78 is 11.0. The molecule has 2 rings (SSSR count). The summed E-state index contributed by atoms with van der Waals surface area (Å²) in [6, 6.07) is 10.5. The van der Waals surface area contributed by atoms with Crippen LogP contribution in [-0.2, 0) is 19.8 Å². The molecule has 0 aliphatic rings. The van der Waals surface area contributed by atoms with Crippen molar-refractivity contribution >= 4 is 29.4 Å². The summed E-state index contributed by atoms with van der Waals surface area (Å²) in [6.45, 7) is 8.14. The Bertz CT molecular complexity index is 1200. The number of methoxy groups -OCH3 is 2. The van der Waals surface area contributed by atoms with Crippen molar-refractivity contribution in [1.82, 2.24) is 5.32 Å². The first-order valence-corrected chi connectivity index (χ1v) is 13.6. The van der Waals surface area contributed by atoms with Crippen LogP contribution in [0, 0.1) is 0 Å². The summed E-state index contributed by atoms with van der Waals surface area (Å²) in [6.07, 6.45) is 3.40. The van der Waals surface area contributed by atoms with E-state index in [1.165, 1.54) is 0 Å². The van der Waals surface area contributed by atoms with E-state index in [9.17, 15) is 19.2 Å². The van der Waals surface area contributed by atoms with Crippen molar-refractivity contribution in [3.05, 3.63) is 53.1 Å². The third-order valence-corrected chi connectivity index (χ3v) is 6.65. The van der Waals surface area contributed by atoms with Crippen LogP contribution in [0.5, 0.6) is 11.5 Å². The predicted octanol–water partition coefficient (Wildman–Crippen LogP) is 5.82. The van der Waals surface area contributed by atoms with Crippen LogP contribution in [0.3, 0.4) is 0 Å². The van der Waals surface area contributed by atoms with E-state index in [0.717, 1.165) is 36.8 Å². The fourth-order valence-electron chi connectivity index (χ4n) is 4.51. The van der Waals surface area contributed by atoms with Crippen LogP contribution in [0.25, 0.3) is 0 Å². The molecule has 1 atom stereocenters. The Balaban J connectivity index is 2.32. The van der Waals surface area contributed by atoms with Crippen molar-refractivity contribution < 1.29 is 33.8 Å². The molecule has 0 aliphatic carbocycles. The van der Waals surface area contributed by atoms with Crippen LogP contribution >= 0.6 is 0 Å². The van der Waals surface area contributed by atoms with Gasteiger partial charge in [-0.15, -0.1) is 0 Å². The summed E-state index contributed by atoms with van der Waals surface area (Å²) in [5.74, 6) is -1.43. The molecule has 2 aromatic rings. The number of carboxylic acids is 1. The summed E-state index contributed by atoms with van der Waals surface area (Å²) in [5.41, 5.74) is 2.09. The first kappa shape index (κ1) is 32.3. The highest BCUT2D eigenvalue weighted by Gasteiger charge is 2.24. The number of nitrogens with one attached hydrogen (secondary N) is 2. The van der Waals surface area contributed by atoms with Gasteiger partial charge in [0.15, 0.2) is 0 Å². The SMILES string of the molecule is CCCCCC(CC(=O)Nc1cc(C(=O)NC(=O)CCC(=O)O)ccc1C(C)(C)C)c1ccc(OC)cc1OC. The molecule has 3 amide bonds. The smallest absolute Gasteiger partial charge is 0.303 e. The summed E-state index contributed by atoms with van der Waals surface area (Å²) in [7, 11) is 3.19. The molecule has 9 heteroatoms. The molecular weight excluding hydrogens is 512 g/mol. The van der Waals surface area contributed by atoms with Gasteiger partial charge in [-0.1, -0.05) is 59.1 Å². The minimum atomic E-state index is -1.12. The number of anilines is 1. The zero-order valence-corrected chi connectivity index (χ0v) is 24.4. The Morgan fingerprint density at radius 2 is 1.65 bits per heavy atom. The van der Waals surface area contributed by atoms with Gasteiger partial charge in [-0.2, -0.15) is 0 Å². The third kappa shape index (κ3) is 9.70. The summed E-state index contributed by atoms with van der Waals surface area (Å²) in [5, 5.41) is 14.0. The quantitative estimate of drug-likeness (QED) is 0.251. The normalized spacial score (nSPS) is 11.8. The standard InChI is InChI=1S/C31H42N2O7/c1-7-8-9-10-20(23-13-12-22(39-5)19-26(23)40-6)18-28(35)32-25-17-21(11-14-24(25)31(2,3)4)30(38)33-27(34)15-16-29(36)37/h11-14,17,19-20H,7-10,15-16,18H2,1-6H3,(H,32,35)(H,36,37)(H,33,34,38). The first-order chi connectivity index (χ1) is 18.9. The largest absolute Gasteiger partial charge is 0.497 e. The van der Waals surface area contributed by atoms with E-state index in [2.05, 4.69) is 17.6 Å². The lowest BCUT2D eigenvalue weighted by Gasteiger charge is -2.25. The maximum Gasteiger partial charge on any atom is 0.303 e. The molecule has 0 radical (unpaired) electrons. The Morgan fingerprint density at radius 1 is 0.925 bits per heavy atom. The molecule has 0 fully saturated rings. The molecule has 0 aliphatic heterocycles. The second kappa shape index (κ2) is 15.1. The third-order valence-electron chi connectivity index (χ3n) is 6.65. The molecule has 40 heavy (non-hydrogen) atoms. The summed E-state index contributed by atoms with van der Waals surface area (Å²) in [4.78, 5) is 48.9. The molecule has 0 bridgehead atoms. The Kier molecular flexibility index (Phi) is 12.2. The number of carbonyl (C=O) groups excluding carboxylic acids is 3. The van der Waals surface area contributed by atoms with Crippen LogP contribution in [0.15, 0.2) is 36.4 Å². The van der Waals surface area contributed by atoms with Crippen molar-refractivity contribution in [2.24, 2.45) is 0 Å². The number of amides is 3. The van der Waals surface area contributed by atoms with Crippen molar-refractivity contribution in [3.8, 4) is 11.5 Å². The predicted molar refractivity (Wildman–Crippen MR) is 154 cm³/mol. The number of hydrogen-bond acceptors (Lipinski definition) is 6. The second-order valence-corrected chi connectivity index (χ2v) is 10.8. The van der Waals surface area contributed by atoms with Crippen LogP contribution in [0.1, 0.15) is 100 Å². The molecular formula is C31H42N2O7. The van der Waals surface area contributed by atoms with Crippen molar-refractivity contribution in [3.63, 3.8) is 0 Å². The van der Waals surface area contributed by atoms with Crippen LogP contribution in [-0.4, -0.2) is 43.0 Å². The van der Waals surface area contributed by atoms with Gasteiger partial charge >= 0.3 is 5.97 Å². The maximum absolute atomic E-state index is 13.5. The molecule has 0 saturated carbocycles. The number of aliphatic carboxylic acids is 1. The van der Waals surface area contributed by atoms with Crippen molar-refractivity contribution in [2.75, 3.05) is 19.5 Å². The Hall–Kier alpha value is -3.88. The molecule has 0 spiro atoms. The molecule has 3 N–H and O–H groups in total. The lowest BCUT2D eigenvalue weighted by molar-refractivity contribution is -0.138. The van der Waals surface area contributed by atoms with Crippen molar-refractivity contribution in [1.29, 1.82) is 0 Å². The number of rotatable bonds is 14. The van der Waals surface area contributed by atoms with Crippen LogP contribution in [0.2, 0.25) is 0 Å². The van der Waals surface area contributed by atoms with Gasteiger partial charge in [0.25, 0.3) is 5.91 Å². The van der Waals surface area contributed by atoms with Gasteiger partial charge in [0.2, 0.25) is 11.8 Å². The molecule has 0 saturated heterocycles. The lowest BCUT2D eigenvalue weighted by Crippen LogP contribution is -2.31. The minimum absolute atomic E-state index is 0.0937. The molecule has 2 aromatic carbocycles. The zero-order chi connectivity index (χ0) is 29.9. The monoisotopic (exact) mass is 554 g/mol. The van der Waals surface area contributed by atoms with Gasteiger partial charge < -0.3 is 19.9 Å². The molecule has 0 heterocycles. The number of ether oxygens (including phenoxy) is 2. The fraction of sp³-hybridized carbons (Fsp3) is 0.484. The Morgan fingerprint density at radius 3 is 2.25 bits per heavy atom. The molecule has 218 valence electrons. The maximum atomic E-state index is 13.5. The van der Waals surface area contributed by atoms with E-state index < -0.39 is 17.8 Å². The number of hydrogen-bond donors (Lipinski definition) is 3. The van der Waals surface area contributed by atoms with Crippen molar-refractivity contribution in [2.45, 2.75) is 84.0 Å². The average molecular weight is 555 g/mol. The van der Waals surface area contributed by atoms with E-state index in [0.29, 0.717) is 17.2 Å². The number of carboxylic acid groups (broad SMARTS) is 1. The molecule has 9 nitrogen and oxygen atoms in total. The van der Waals surface area contributed by atoms with Gasteiger partial charge in [0.1, 0.15) is 11.5 Å². The highest BCUT2D eigenvalue weighted by Crippen LogP contribution is 2.36. The number of unbranched alkanes of at least 4 members (excludes halogenated alkanes) is 2. The van der Waals surface area contributed by atoms with Crippen LogP contribution in [0.4, 0.5) is 5.69 Å².